The lowest BCUT2D eigenvalue weighted by Gasteiger charge is -2.19. The number of hydrogen-bond donors (Lipinski definition) is 2. The van der Waals surface area contributed by atoms with Gasteiger partial charge in [0.15, 0.2) is 0 Å². The summed E-state index contributed by atoms with van der Waals surface area (Å²) in [5.74, 6) is 0. The van der Waals surface area contributed by atoms with E-state index in [1.165, 1.54) is 0 Å². The quantitative estimate of drug-likeness (QED) is 0.743. The molecule has 0 radical (unpaired) electrons. The smallest absolute Gasteiger partial charge is 0.338 e. The second-order valence-corrected chi connectivity index (χ2v) is 5.76. The zero-order valence-corrected chi connectivity index (χ0v) is 10.6. The predicted octanol–water partition coefficient (Wildman–Crippen LogP) is 2.19. The summed E-state index contributed by atoms with van der Waals surface area (Å²) in [5.41, 5.74) is 0.306. The van der Waals surface area contributed by atoms with Gasteiger partial charge in [0.25, 0.3) is 0 Å². The molecule has 16 heavy (non-hydrogen) atoms. The maximum atomic E-state index is 11.9. The van der Waals surface area contributed by atoms with Crippen molar-refractivity contribution in [1.82, 2.24) is 5.32 Å². The number of nitrogens with one attached hydrogen (secondary N) is 1. The minimum Gasteiger partial charge on any atom is -0.388 e. The van der Waals surface area contributed by atoms with Crippen LogP contribution in [0.1, 0.15) is 13.8 Å². The average Bonchev–Trinajstić information content (AvgIpc) is 2.40. The lowest BCUT2D eigenvalue weighted by atomic mass is 10.3. The number of rotatable bonds is 4. The van der Waals surface area contributed by atoms with Gasteiger partial charge in [-0.25, -0.2) is 0 Å². The monoisotopic (exact) mass is 243 g/mol. The third-order valence-electron chi connectivity index (χ3n) is 2.08. The van der Waals surface area contributed by atoms with E-state index in [1.807, 2.05) is 6.08 Å². The number of allylic oxidation sites excluding steroid dienone is 5. The highest BCUT2D eigenvalue weighted by Gasteiger charge is 2.29. The summed E-state index contributed by atoms with van der Waals surface area (Å²) in [4.78, 5) is 9.78. The molecule has 0 fully saturated rings. The molecule has 1 aliphatic rings. The van der Waals surface area contributed by atoms with E-state index in [0.717, 1.165) is 5.70 Å². The van der Waals surface area contributed by atoms with Crippen molar-refractivity contribution in [2.45, 2.75) is 25.6 Å². The molecule has 0 bridgehead atoms. The van der Waals surface area contributed by atoms with Crippen molar-refractivity contribution in [1.29, 1.82) is 0 Å². The maximum Gasteiger partial charge on any atom is 0.338 e. The number of hydrogen-bond acceptors (Lipinski definition) is 3. The van der Waals surface area contributed by atoms with Crippen LogP contribution in [0.4, 0.5) is 0 Å². The highest BCUT2D eigenvalue weighted by atomic mass is 31.2. The van der Waals surface area contributed by atoms with Crippen molar-refractivity contribution in [2.75, 3.05) is 7.05 Å². The molecule has 2 N–H and O–H groups in total. The Morgan fingerprint density at radius 2 is 2.19 bits per heavy atom. The minimum atomic E-state index is -3.62. The van der Waals surface area contributed by atoms with Crippen LogP contribution in [0.5, 0.6) is 0 Å². The molecular weight excluding hydrogens is 225 g/mol. The lowest BCUT2D eigenvalue weighted by molar-refractivity contribution is 0.203. The van der Waals surface area contributed by atoms with Gasteiger partial charge in [-0.3, -0.25) is 4.57 Å². The third-order valence-corrected chi connectivity index (χ3v) is 3.91. The van der Waals surface area contributed by atoms with Crippen molar-refractivity contribution in [3.05, 3.63) is 36.1 Å². The molecular formula is C11H18NO3P. The molecule has 0 amide bonds. The minimum absolute atomic E-state index is 0.266. The first-order valence-corrected chi connectivity index (χ1v) is 6.85. The standard InChI is InChI=1S/C11H18NO3P/c1-9(2)15-16(13,14)11-6-4-5-10(12-3)7-8-11/h4-9,11-12H,1-3H3,(H,13,14). The Labute approximate surface area is 96.2 Å². The SMILES string of the molecule is CNC1=CC=CC(P(=O)(O)OC(C)C)C=C1. The van der Waals surface area contributed by atoms with E-state index < -0.39 is 13.3 Å². The first-order chi connectivity index (χ1) is 7.45. The van der Waals surface area contributed by atoms with Gasteiger partial charge < -0.3 is 14.7 Å². The van der Waals surface area contributed by atoms with Crippen LogP contribution in [0.3, 0.4) is 0 Å². The average molecular weight is 243 g/mol. The van der Waals surface area contributed by atoms with Gasteiger partial charge in [0.05, 0.1) is 11.8 Å². The Morgan fingerprint density at radius 3 is 2.75 bits per heavy atom. The highest BCUT2D eigenvalue weighted by Crippen LogP contribution is 2.50. The van der Waals surface area contributed by atoms with Crippen LogP contribution < -0.4 is 5.32 Å². The van der Waals surface area contributed by atoms with Gasteiger partial charge in [0.2, 0.25) is 0 Å². The fourth-order valence-electron chi connectivity index (χ4n) is 1.35. The van der Waals surface area contributed by atoms with Crippen LogP contribution in [-0.2, 0) is 9.09 Å². The molecule has 1 aliphatic carbocycles. The molecule has 1 rings (SSSR count). The molecule has 0 aliphatic heterocycles. The lowest BCUT2D eigenvalue weighted by Crippen LogP contribution is -2.09. The molecule has 0 saturated carbocycles. The van der Waals surface area contributed by atoms with Crippen molar-refractivity contribution in [3.63, 3.8) is 0 Å². The maximum absolute atomic E-state index is 11.9. The van der Waals surface area contributed by atoms with Crippen LogP contribution in [-0.4, -0.2) is 23.7 Å². The van der Waals surface area contributed by atoms with Gasteiger partial charge in [-0.2, -0.15) is 0 Å². The van der Waals surface area contributed by atoms with Crippen LogP contribution >= 0.6 is 7.60 Å². The summed E-state index contributed by atoms with van der Waals surface area (Å²) >= 11 is 0. The molecule has 0 aromatic carbocycles. The summed E-state index contributed by atoms with van der Waals surface area (Å²) in [6, 6.07) is 0. The van der Waals surface area contributed by atoms with Crippen molar-refractivity contribution in [3.8, 4) is 0 Å². The fourth-order valence-corrected chi connectivity index (χ4v) is 2.72. The van der Waals surface area contributed by atoms with Crippen molar-refractivity contribution in [2.24, 2.45) is 0 Å². The van der Waals surface area contributed by atoms with E-state index in [9.17, 15) is 9.46 Å². The fraction of sp³-hybridized carbons (Fsp3) is 0.455. The predicted molar refractivity (Wildman–Crippen MR) is 65.3 cm³/mol. The Hall–Kier alpha value is -0.830. The molecule has 2 atom stereocenters. The molecule has 2 unspecified atom stereocenters. The summed E-state index contributed by atoms with van der Waals surface area (Å²) in [5, 5.41) is 2.97. The molecule has 0 heterocycles. The second-order valence-electron chi connectivity index (χ2n) is 3.82. The molecule has 0 spiro atoms. The zero-order chi connectivity index (χ0) is 12.2. The van der Waals surface area contributed by atoms with E-state index in [2.05, 4.69) is 5.32 Å². The van der Waals surface area contributed by atoms with Crippen molar-refractivity contribution >= 4 is 7.60 Å². The Kier molecular flexibility index (Phi) is 4.54. The summed E-state index contributed by atoms with van der Waals surface area (Å²) in [7, 11) is -1.82. The second kappa shape index (κ2) is 5.48. The summed E-state index contributed by atoms with van der Waals surface area (Å²) in [6.07, 6.45) is 8.45. The Bertz CT molecular complexity index is 371. The number of likely N-dealkylation sites (N-methyl/N-ethyl adjacent to an activating group) is 1. The van der Waals surface area contributed by atoms with Gasteiger partial charge in [0.1, 0.15) is 0 Å². The Morgan fingerprint density at radius 1 is 1.50 bits per heavy atom. The van der Waals surface area contributed by atoms with Gasteiger partial charge in [-0.05, 0) is 26.0 Å². The molecule has 0 saturated heterocycles. The topological polar surface area (TPSA) is 58.6 Å². The van der Waals surface area contributed by atoms with E-state index in [4.69, 9.17) is 4.52 Å². The van der Waals surface area contributed by atoms with E-state index in [0.29, 0.717) is 0 Å². The highest BCUT2D eigenvalue weighted by molar-refractivity contribution is 7.54. The van der Waals surface area contributed by atoms with Gasteiger partial charge in [-0.1, -0.05) is 18.2 Å². The van der Waals surface area contributed by atoms with Crippen LogP contribution in [0.2, 0.25) is 0 Å². The van der Waals surface area contributed by atoms with E-state index >= 15 is 0 Å². The van der Waals surface area contributed by atoms with Crippen LogP contribution in [0.25, 0.3) is 0 Å². The summed E-state index contributed by atoms with van der Waals surface area (Å²) < 4.78 is 17.0. The zero-order valence-electron chi connectivity index (χ0n) is 9.75. The molecule has 90 valence electrons. The van der Waals surface area contributed by atoms with Gasteiger partial charge in [0, 0.05) is 12.7 Å². The largest absolute Gasteiger partial charge is 0.388 e. The van der Waals surface area contributed by atoms with Crippen LogP contribution in [0.15, 0.2) is 36.1 Å². The van der Waals surface area contributed by atoms with E-state index in [-0.39, 0.29) is 6.10 Å². The van der Waals surface area contributed by atoms with Crippen LogP contribution in [0, 0.1) is 0 Å². The van der Waals surface area contributed by atoms with Gasteiger partial charge >= 0.3 is 7.60 Å². The summed E-state index contributed by atoms with van der Waals surface area (Å²) in [6.45, 7) is 3.48. The first-order valence-electron chi connectivity index (χ1n) is 5.21. The normalized spacial score (nSPS) is 23.8. The first kappa shape index (κ1) is 13.2. The molecule has 5 heteroatoms. The van der Waals surface area contributed by atoms with Gasteiger partial charge in [-0.15, -0.1) is 0 Å². The van der Waals surface area contributed by atoms with E-state index in [1.54, 1.807) is 45.2 Å². The van der Waals surface area contributed by atoms with Crippen molar-refractivity contribution < 1.29 is 14.0 Å². The molecule has 4 nitrogen and oxygen atoms in total. The molecule has 0 aromatic rings. The third kappa shape index (κ3) is 3.63. The Balaban J connectivity index is 2.81. The molecule has 0 aromatic heterocycles.